The van der Waals surface area contributed by atoms with Crippen molar-refractivity contribution in [3.63, 3.8) is 0 Å². The molecule has 29 heavy (non-hydrogen) atoms. The zero-order valence-electron chi connectivity index (χ0n) is 16.1. The maximum absolute atomic E-state index is 13.4. The van der Waals surface area contributed by atoms with Crippen molar-refractivity contribution in [2.75, 3.05) is 49.6 Å². The standard InChI is InChI=1S/C20H21FN6OS/c1-25-8-9-27(18(28)12-25)17-5-3-15-20(24-17)29-19(23-15)13-2-4-16(22-10-13)26-7-6-14(21)11-26/h2-5,10,14H,6-9,11-12H2,1H3/t14-/m0/s1. The molecule has 2 aliphatic rings. The summed E-state index contributed by atoms with van der Waals surface area (Å²) < 4.78 is 13.4. The van der Waals surface area contributed by atoms with E-state index in [1.165, 1.54) is 11.3 Å². The van der Waals surface area contributed by atoms with Crippen molar-refractivity contribution in [3.05, 3.63) is 30.5 Å². The number of amides is 1. The molecule has 9 heteroatoms. The predicted molar refractivity (Wildman–Crippen MR) is 112 cm³/mol. The molecule has 0 bridgehead atoms. The second-order valence-electron chi connectivity index (χ2n) is 7.53. The van der Waals surface area contributed by atoms with Crippen molar-refractivity contribution < 1.29 is 9.18 Å². The molecule has 5 heterocycles. The summed E-state index contributed by atoms with van der Waals surface area (Å²) in [5.74, 6) is 1.53. The fourth-order valence-electron chi connectivity index (χ4n) is 3.74. The molecule has 0 unspecified atom stereocenters. The molecule has 0 aliphatic carbocycles. The van der Waals surface area contributed by atoms with Crippen LogP contribution in [0.5, 0.6) is 0 Å². The lowest BCUT2D eigenvalue weighted by atomic mass is 10.3. The van der Waals surface area contributed by atoms with E-state index in [4.69, 9.17) is 0 Å². The summed E-state index contributed by atoms with van der Waals surface area (Å²) in [6, 6.07) is 7.66. The summed E-state index contributed by atoms with van der Waals surface area (Å²) in [5, 5.41) is 0.832. The van der Waals surface area contributed by atoms with Crippen LogP contribution in [0.25, 0.3) is 20.9 Å². The molecule has 0 saturated carbocycles. The minimum atomic E-state index is -0.770. The van der Waals surface area contributed by atoms with E-state index in [0.29, 0.717) is 38.4 Å². The van der Waals surface area contributed by atoms with Gasteiger partial charge in [0.05, 0.1) is 13.1 Å². The van der Waals surface area contributed by atoms with Crippen LogP contribution >= 0.6 is 11.3 Å². The maximum Gasteiger partial charge on any atom is 0.242 e. The minimum Gasteiger partial charge on any atom is -0.354 e. The zero-order chi connectivity index (χ0) is 20.0. The van der Waals surface area contributed by atoms with Crippen LogP contribution in [0.3, 0.4) is 0 Å². The van der Waals surface area contributed by atoms with E-state index in [9.17, 15) is 9.18 Å². The first kappa shape index (κ1) is 18.4. The highest BCUT2D eigenvalue weighted by Gasteiger charge is 2.25. The highest BCUT2D eigenvalue weighted by atomic mass is 32.1. The van der Waals surface area contributed by atoms with Gasteiger partial charge in [-0.05, 0) is 37.7 Å². The Morgan fingerprint density at radius 1 is 1.10 bits per heavy atom. The second kappa shape index (κ2) is 7.31. The number of rotatable bonds is 3. The first-order valence-electron chi connectivity index (χ1n) is 9.69. The summed E-state index contributed by atoms with van der Waals surface area (Å²) in [5.41, 5.74) is 1.71. The number of likely N-dealkylation sites (N-methyl/N-ethyl adjacent to an activating group) is 1. The lowest BCUT2D eigenvalue weighted by Crippen LogP contribution is -2.49. The summed E-state index contributed by atoms with van der Waals surface area (Å²) in [6.07, 6.45) is 1.57. The molecule has 0 spiro atoms. The molecular formula is C20H21FN6OS. The SMILES string of the molecule is CN1CCN(c2ccc3nc(-c4ccc(N5CC[C@H](F)C5)nc4)sc3n2)C(=O)C1. The molecule has 2 fully saturated rings. The van der Waals surface area contributed by atoms with Crippen molar-refractivity contribution >= 4 is 39.2 Å². The number of piperazine rings is 1. The van der Waals surface area contributed by atoms with E-state index in [1.807, 2.05) is 41.1 Å². The van der Waals surface area contributed by atoms with Crippen LogP contribution in [0.15, 0.2) is 30.5 Å². The minimum absolute atomic E-state index is 0.0626. The monoisotopic (exact) mass is 412 g/mol. The Morgan fingerprint density at radius 3 is 2.69 bits per heavy atom. The van der Waals surface area contributed by atoms with Crippen molar-refractivity contribution in [1.82, 2.24) is 19.9 Å². The van der Waals surface area contributed by atoms with E-state index in [0.717, 1.165) is 33.3 Å². The molecule has 0 aromatic carbocycles. The van der Waals surface area contributed by atoms with Crippen LogP contribution < -0.4 is 9.80 Å². The average Bonchev–Trinajstić information content (AvgIpc) is 3.34. The van der Waals surface area contributed by atoms with Crippen LogP contribution in [0.2, 0.25) is 0 Å². The fraction of sp³-hybridized carbons (Fsp3) is 0.400. The second-order valence-corrected chi connectivity index (χ2v) is 8.51. The number of hydrogen-bond acceptors (Lipinski definition) is 7. The Morgan fingerprint density at radius 2 is 1.97 bits per heavy atom. The predicted octanol–water partition coefficient (Wildman–Crippen LogP) is 2.58. The fourth-order valence-corrected chi connectivity index (χ4v) is 4.66. The lowest BCUT2D eigenvalue weighted by Gasteiger charge is -2.31. The van der Waals surface area contributed by atoms with Crippen molar-refractivity contribution in [1.29, 1.82) is 0 Å². The van der Waals surface area contributed by atoms with E-state index >= 15 is 0 Å². The van der Waals surface area contributed by atoms with Gasteiger partial charge < -0.3 is 4.90 Å². The number of carbonyl (C=O) groups is 1. The summed E-state index contributed by atoms with van der Waals surface area (Å²) >= 11 is 1.48. The third-order valence-electron chi connectivity index (χ3n) is 5.38. The third-order valence-corrected chi connectivity index (χ3v) is 6.39. The summed E-state index contributed by atoms with van der Waals surface area (Å²) in [4.78, 5) is 32.7. The van der Waals surface area contributed by atoms with E-state index in [2.05, 4.69) is 15.0 Å². The summed E-state index contributed by atoms with van der Waals surface area (Å²) in [7, 11) is 1.94. The highest BCUT2D eigenvalue weighted by Crippen LogP contribution is 2.31. The Kier molecular flexibility index (Phi) is 4.63. The number of aromatic nitrogens is 3. The van der Waals surface area contributed by atoms with Crippen molar-refractivity contribution in [2.24, 2.45) is 0 Å². The Hall–Kier alpha value is -2.65. The smallest absolute Gasteiger partial charge is 0.242 e. The van der Waals surface area contributed by atoms with Gasteiger partial charge >= 0.3 is 0 Å². The van der Waals surface area contributed by atoms with Crippen LogP contribution in [0.1, 0.15) is 6.42 Å². The number of fused-ring (bicyclic) bond motifs is 1. The third kappa shape index (κ3) is 3.56. The van der Waals surface area contributed by atoms with E-state index in [1.54, 1.807) is 11.1 Å². The topological polar surface area (TPSA) is 65.5 Å². The van der Waals surface area contributed by atoms with Gasteiger partial charge in [-0.25, -0.2) is 19.3 Å². The van der Waals surface area contributed by atoms with Gasteiger partial charge in [-0.15, -0.1) is 0 Å². The number of pyridine rings is 2. The first-order chi connectivity index (χ1) is 14.1. The number of nitrogens with zero attached hydrogens (tertiary/aromatic N) is 6. The first-order valence-corrected chi connectivity index (χ1v) is 10.5. The normalized spacial score (nSPS) is 20.8. The van der Waals surface area contributed by atoms with Crippen molar-refractivity contribution in [3.8, 4) is 10.6 Å². The molecule has 5 rings (SSSR count). The van der Waals surface area contributed by atoms with Crippen LogP contribution in [0, 0.1) is 0 Å². The molecule has 2 saturated heterocycles. The molecule has 150 valence electrons. The molecule has 0 radical (unpaired) electrons. The molecular weight excluding hydrogens is 391 g/mol. The van der Waals surface area contributed by atoms with Gasteiger partial charge in [-0.1, -0.05) is 11.3 Å². The van der Waals surface area contributed by atoms with E-state index < -0.39 is 6.17 Å². The van der Waals surface area contributed by atoms with Crippen LogP contribution in [-0.2, 0) is 4.79 Å². The van der Waals surface area contributed by atoms with Gasteiger partial charge in [0, 0.05) is 31.4 Å². The Balaban J connectivity index is 1.39. The molecule has 1 atom stereocenters. The molecule has 0 N–H and O–H groups in total. The summed E-state index contributed by atoms with van der Waals surface area (Å²) in [6.45, 7) is 2.99. The number of halogens is 1. The van der Waals surface area contributed by atoms with Gasteiger partial charge in [-0.2, -0.15) is 0 Å². The zero-order valence-corrected chi connectivity index (χ0v) is 16.9. The van der Waals surface area contributed by atoms with Gasteiger partial charge in [0.25, 0.3) is 0 Å². The van der Waals surface area contributed by atoms with Crippen LogP contribution in [-0.4, -0.2) is 71.7 Å². The maximum atomic E-state index is 13.4. The quantitative estimate of drug-likeness (QED) is 0.659. The largest absolute Gasteiger partial charge is 0.354 e. The molecule has 3 aromatic rings. The van der Waals surface area contributed by atoms with Crippen molar-refractivity contribution in [2.45, 2.75) is 12.6 Å². The van der Waals surface area contributed by atoms with Gasteiger partial charge in [0.1, 0.15) is 33.2 Å². The number of hydrogen-bond donors (Lipinski definition) is 0. The van der Waals surface area contributed by atoms with Gasteiger partial charge in [0.2, 0.25) is 5.91 Å². The number of thiazole rings is 1. The van der Waals surface area contributed by atoms with Gasteiger partial charge in [0.15, 0.2) is 0 Å². The average molecular weight is 412 g/mol. The Labute approximate surface area is 171 Å². The molecule has 2 aliphatic heterocycles. The highest BCUT2D eigenvalue weighted by molar-refractivity contribution is 7.21. The molecule has 1 amide bonds. The lowest BCUT2D eigenvalue weighted by molar-refractivity contribution is -0.120. The van der Waals surface area contributed by atoms with E-state index in [-0.39, 0.29) is 5.91 Å². The number of carbonyl (C=O) groups excluding carboxylic acids is 1. The number of anilines is 2. The van der Waals surface area contributed by atoms with Gasteiger partial charge in [-0.3, -0.25) is 14.6 Å². The van der Waals surface area contributed by atoms with Crippen LogP contribution in [0.4, 0.5) is 16.0 Å². The number of alkyl halides is 1. The molecule has 7 nitrogen and oxygen atoms in total. The molecule has 3 aromatic heterocycles. The Bertz CT molecular complexity index is 1050.